The Hall–Kier alpha value is -1.55. The van der Waals surface area contributed by atoms with Crippen LogP contribution in [0.4, 0.5) is 0 Å². The zero-order chi connectivity index (χ0) is 13.3. The van der Waals surface area contributed by atoms with Crippen LogP contribution in [0.1, 0.15) is 30.6 Å². The lowest BCUT2D eigenvalue weighted by atomic mass is 10.1. The van der Waals surface area contributed by atoms with E-state index >= 15 is 0 Å². The minimum absolute atomic E-state index is 0.00745. The van der Waals surface area contributed by atoms with E-state index in [1.54, 1.807) is 18.9 Å². The van der Waals surface area contributed by atoms with Crippen LogP contribution in [0.15, 0.2) is 18.2 Å². The Morgan fingerprint density at radius 2 is 2.22 bits per heavy atom. The van der Waals surface area contributed by atoms with Crippen molar-refractivity contribution in [3.8, 4) is 5.75 Å². The van der Waals surface area contributed by atoms with Crippen molar-refractivity contribution >= 4 is 5.91 Å². The first-order chi connectivity index (χ1) is 8.49. The van der Waals surface area contributed by atoms with E-state index < -0.39 is 12.2 Å². The molecule has 4 heteroatoms. The second-order valence-electron chi connectivity index (χ2n) is 4.87. The molecule has 1 heterocycles. The number of aryl methyl sites for hydroxylation is 1. The number of ether oxygens (including phenoxy) is 1. The molecule has 0 radical (unpaired) electrons. The van der Waals surface area contributed by atoms with Gasteiger partial charge in [-0.25, -0.2) is 0 Å². The number of likely N-dealkylation sites (N-methyl/N-ethyl adjacent to an activating group) is 1. The van der Waals surface area contributed by atoms with Crippen LogP contribution in [0, 0.1) is 6.92 Å². The summed E-state index contributed by atoms with van der Waals surface area (Å²) in [7, 11) is 1.78. The van der Waals surface area contributed by atoms with Gasteiger partial charge in [-0.15, -0.1) is 0 Å². The third-order valence-electron chi connectivity index (χ3n) is 3.27. The molecule has 1 aromatic rings. The number of rotatable bonds is 3. The number of hydrogen-bond donors (Lipinski definition) is 1. The molecule has 0 spiro atoms. The molecule has 1 amide bonds. The molecule has 1 N–H and O–H groups in total. The van der Waals surface area contributed by atoms with E-state index in [-0.39, 0.29) is 5.91 Å². The first-order valence-corrected chi connectivity index (χ1v) is 6.19. The summed E-state index contributed by atoms with van der Waals surface area (Å²) >= 11 is 0. The molecular formula is C14H19NO3. The highest BCUT2D eigenvalue weighted by atomic mass is 16.5. The van der Waals surface area contributed by atoms with Crippen LogP contribution in [-0.2, 0) is 4.79 Å². The van der Waals surface area contributed by atoms with Gasteiger partial charge in [-0.2, -0.15) is 0 Å². The predicted octanol–water partition coefficient (Wildman–Crippen LogP) is 1.66. The maximum atomic E-state index is 11.8. The Morgan fingerprint density at radius 3 is 2.78 bits per heavy atom. The molecule has 0 saturated carbocycles. The van der Waals surface area contributed by atoms with Crippen molar-refractivity contribution < 1.29 is 14.6 Å². The molecule has 1 fully saturated rings. The first-order valence-electron chi connectivity index (χ1n) is 6.19. The molecule has 4 nitrogen and oxygen atoms in total. The smallest absolute Gasteiger partial charge is 0.263 e. The van der Waals surface area contributed by atoms with Crippen LogP contribution >= 0.6 is 0 Å². The number of hydrogen-bond acceptors (Lipinski definition) is 3. The maximum Gasteiger partial charge on any atom is 0.263 e. The van der Waals surface area contributed by atoms with E-state index in [0.717, 1.165) is 17.7 Å². The summed E-state index contributed by atoms with van der Waals surface area (Å²) in [5.41, 5.74) is 1.77. The van der Waals surface area contributed by atoms with Gasteiger partial charge in [-0.1, -0.05) is 12.1 Å². The van der Waals surface area contributed by atoms with Gasteiger partial charge in [0.1, 0.15) is 5.75 Å². The van der Waals surface area contributed by atoms with Crippen LogP contribution in [0.3, 0.4) is 0 Å². The lowest BCUT2D eigenvalue weighted by molar-refractivity contribution is -0.132. The second-order valence-corrected chi connectivity index (χ2v) is 4.87. The number of aliphatic hydroxyl groups is 1. The molecule has 1 saturated heterocycles. The van der Waals surface area contributed by atoms with Crippen molar-refractivity contribution in [2.45, 2.75) is 32.5 Å². The molecule has 1 aliphatic rings. The van der Waals surface area contributed by atoms with E-state index in [2.05, 4.69) is 0 Å². The largest absolute Gasteiger partial charge is 0.480 e. The molecule has 0 aliphatic carbocycles. The van der Waals surface area contributed by atoms with Gasteiger partial charge >= 0.3 is 0 Å². The normalized spacial score (nSPS) is 21.2. The Kier molecular flexibility index (Phi) is 3.57. The number of aliphatic hydroxyl groups excluding tert-OH is 1. The van der Waals surface area contributed by atoms with Gasteiger partial charge in [0, 0.05) is 25.6 Å². The Morgan fingerprint density at radius 1 is 1.50 bits per heavy atom. The average molecular weight is 249 g/mol. The summed E-state index contributed by atoms with van der Waals surface area (Å²) < 4.78 is 5.78. The molecule has 1 aromatic carbocycles. The van der Waals surface area contributed by atoms with Crippen molar-refractivity contribution in [1.29, 1.82) is 0 Å². The van der Waals surface area contributed by atoms with Crippen LogP contribution < -0.4 is 4.74 Å². The third-order valence-corrected chi connectivity index (χ3v) is 3.27. The van der Waals surface area contributed by atoms with Crippen molar-refractivity contribution in [1.82, 2.24) is 4.90 Å². The van der Waals surface area contributed by atoms with Gasteiger partial charge in [0.05, 0.1) is 6.10 Å². The average Bonchev–Trinajstić information content (AvgIpc) is 2.61. The Balaban J connectivity index is 2.23. The highest BCUT2D eigenvalue weighted by Gasteiger charge is 2.31. The summed E-state index contributed by atoms with van der Waals surface area (Å²) in [6.45, 7) is 4.38. The van der Waals surface area contributed by atoms with Gasteiger partial charge in [-0.05, 0) is 25.5 Å². The third kappa shape index (κ3) is 2.48. The standard InChI is InChI=1S/C14H19NO3/c1-9-4-5-11(10(2)16)13(8-9)18-12-6-7-15(3)14(12)17/h4-5,8,10,12,16H,6-7H2,1-3H3/t10-,12?/m0/s1. The number of benzene rings is 1. The molecule has 0 aromatic heterocycles. The minimum atomic E-state index is -0.602. The molecule has 2 atom stereocenters. The van der Waals surface area contributed by atoms with E-state index in [1.807, 2.05) is 25.1 Å². The van der Waals surface area contributed by atoms with Gasteiger partial charge in [0.2, 0.25) is 0 Å². The quantitative estimate of drug-likeness (QED) is 0.886. The Bertz CT molecular complexity index is 456. The maximum absolute atomic E-state index is 11.8. The lowest BCUT2D eigenvalue weighted by Gasteiger charge is -2.18. The zero-order valence-electron chi connectivity index (χ0n) is 11.0. The highest BCUT2D eigenvalue weighted by Crippen LogP contribution is 2.28. The van der Waals surface area contributed by atoms with E-state index in [0.29, 0.717) is 12.2 Å². The minimum Gasteiger partial charge on any atom is -0.480 e. The van der Waals surface area contributed by atoms with E-state index in [1.165, 1.54) is 0 Å². The fourth-order valence-corrected chi connectivity index (χ4v) is 2.14. The van der Waals surface area contributed by atoms with Crippen LogP contribution in [-0.4, -0.2) is 35.6 Å². The van der Waals surface area contributed by atoms with Gasteiger partial charge in [-0.3, -0.25) is 4.79 Å². The number of carbonyl (C=O) groups excluding carboxylic acids is 1. The predicted molar refractivity (Wildman–Crippen MR) is 68.5 cm³/mol. The molecule has 98 valence electrons. The van der Waals surface area contributed by atoms with Gasteiger partial charge in [0.15, 0.2) is 6.10 Å². The van der Waals surface area contributed by atoms with Crippen LogP contribution in [0.5, 0.6) is 5.75 Å². The highest BCUT2D eigenvalue weighted by molar-refractivity contribution is 5.83. The van der Waals surface area contributed by atoms with Crippen molar-refractivity contribution in [3.63, 3.8) is 0 Å². The number of likely N-dealkylation sites (tertiary alicyclic amines) is 1. The molecule has 0 bridgehead atoms. The fraction of sp³-hybridized carbons (Fsp3) is 0.500. The molecule has 2 rings (SSSR count). The van der Waals surface area contributed by atoms with Gasteiger partial charge in [0.25, 0.3) is 5.91 Å². The lowest BCUT2D eigenvalue weighted by Crippen LogP contribution is -2.29. The summed E-state index contributed by atoms with van der Waals surface area (Å²) in [4.78, 5) is 13.5. The second kappa shape index (κ2) is 4.98. The molecule has 18 heavy (non-hydrogen) atoms. The summed E-state index contributed by atoms with van der Waals surface area (Å²) in [6, 6.07) is 5.64. The van der Waals surface area contributed by atoms with Crippen molar-refractivity contribution in [2.24, 2.45) is 0 Å². The molecule has 1 unspecified atom stereocenters. The zero-order valence-corrected chi connectivity index (χ0v) is 11.0. The number of amides is 1. The van der Waals surface area contributed by atoms with Crippen LogP contribution in [0.2, 0.25) is 0 Å². The monoisotopic (exact) mass is 249 g/mol. The first kappa shape index (κ1) is 12.9. The fourth-order valence-electron chi connectivity index (χ4n) is 2.14. The van der Waals surface area contributed by atoms with Crippen LogP contribution in [0.25, 0.3) is 0 Å². The van der Waals surface area contributed by atoms with Crippen molar-refractivity contribution in [3.05, 3.63) is 29.3 Å². The summed E-state index contributed by atoms with van der Waals surface area (Å²) in [5, 5.41) is 9.71. The van der Waals surface area contributed by atoms with Gasteiger partial charge < -0.3 is 14.7 Å². The molecular weight excluding hydrogens is 230 g/mol. The summed E-state index contributed by atoms with van der Waals surface area (Å²) in [5.74, 6) is 0.617. The Labute approximate surface area is 107 Å². The van der Waals surface area contributed by atoms with E-state index in [9.17, 15) is 9.90 Å². The van der Waals surface area contributed by atoms with Crippen molar-refractivity contribution in [2.75, 3.05) is 13.6 Å². The number of carbonyl (C=O) groups is 1. The number of nitrogens with zero attached hydrogens (tertiary/aromatic N) is 1. The summed E-state index contributed by atoms with van der Waals surface area (Å²) in [6.07, 6.45) is -0.327. The SMILES string of the molecule is Cc1ccc([C@H](C)O)c(OC2CCN(C)C2=O)c1. The van der Waals surface area contributed by atoms with E-state index in [4.69, 9.17) is 4.74 Å². The topological polar surface area (TPSA) is 49.8 Å². The molecule has 1 aliphatic heterocycles.